The van der Waals surface area contributed by atoms with Gasteiger partial charge in [0.05, 0.1) is 16.8 Å². The van der Waals surface area contributed by atoms with E-state index in [-0.39, 0.29) is 12.3 Å². The summed E-state index contributed by atoms with van der Waals surface area (Å²) in [5.74, 6) is -1.01. The van der Waals surface area contributed by atoms with Crippen LogP contribution in [0.3, 0.4) is 0 Å². The second-order valence-electron chi connectivity index (χ2n) is 6.89. The van der Waals surface area contributed by atoms with Gasteiger partial charge in [0.25, 0.3) is 5.91 Å². The molecule has 2 N–H and O–H groups in total. The van der Waals surface area contributed by atoms with E-state index in [4.69, 9.17) is 4.74 Å². The topological polar surface area (TPSA) is 75.6 Å². The number of thiophene rings is 1. The van der Waals surface area contributed by atoms with E-state index in [1.54, 1.807) is 11.3 Å². The average molecular weight is 351 g/mol. The Hall–Kier alpha value is -1.40. The lowest BCUT2D eigenvalue weighted by Gasteiger charge is -2.36. The number of fused-ring (bicyclic) bond motifs is 1. The van der Waals surface area contributed by atoms with E-state index in [1.807, 2.05) is 6.07 Å². The van der Waals surface area contributed by atoms with Gasteiger partial charge in [0, 0.05) is 18.1 Å². The van der Waals surface area contributed by atoms with Gasteiger partial charge in [-0.1, -0.05) is 12.8 Å². The van der Waals surface area contributed by atoms with Crippen molar-refractivity contribution in [1.82, 2.24) is 5.32 Å². The Balaban J connectivity index is 1.75. The smallest absolute Gasteiger partial charge is 0.305 e. The van der Waals surface area contributed by atoms with E-state index in [9.17, 15) is 14.7 Å². The maximum atomic E-state index is 12.8. The fourth-order valence-corrected chi connectivity index (χ4v) is 4.80. The molecule has 1 fully saturated rings. The molecule has 2 aliphatic rings. The first-order chi connectivity index (χ1) is 11.6. The van der Waals surface area contributed by atoms with Gasteiger partial charge in [0.1, 0.15) is 0 Å². The number of carbonyl (C=O) groups is 2. The van der Waals surface area contributed by atoms with Crippen molar-refractivity contribution < 1.29 is 19.4 Å². The van der Waals surface area contributed by atoms with E-state index in [0.29, 0.717) is 26.1 Å². The lowest BCUT2D eigenvalue weighted by Crippen LogP contribution is -2.53. The molecule has 0 bridgehead atoms. The summed E-state index contributed by atoms with van der Waals surface area (Å²) < 4.78 is 5.35. The first kappa shape index (κ1) is 17.4. The molecule has 2 heterocycles. The molecule has 1 saturated heterocycles. The zero-order valence-corrected chi connectivity index (χ0v) is 14.8. The van der Waals surface area contributed by atoms with Gasteiger partial charge in [-0.05, 0) is 50.2 Å². The number of rotatable bonds is 4. The van der Waals surface area contributed by atoms with Crippen molar-refractivity contribution in [1.29, 1.82) is 0 Å². The van der Waals surface area contributed by atoms with Gasteiger partial charge in [-0.25, -0.2) is 0 Å². The molecule has 0 radical (unpaired) electrons. The summed E-state index contributed by atoms with van der Waals surface area (Å²) in [6.45, 7) is 0.989. The molecule has 1 aromatic rings. The highest BCUT2D eigenvalue weighted by Crippen LogP contribution is 2.30. The third-order valence-electron chi connectivity index (χ3n) is 5.04. The summed E-state index contributed by atoms with van der Waals surface area (Å²) in [4.78, 5) is 26.0. The van der Waals surface area contributed by atoms with Crippen molar-refractivity contribution in [3.8, 4) is 0 Å². The highest BCUT2D eigenvalue weighted by atomic mass is 32.1. The van der Waals surface area contributed by atoms with E-state index in [0.717, 1.165) is 17.7 Å². The highest BCUT2D eigenvalue weighted by molar-refractivity contribution is 7.14. The third kappa shape index (κ3) is 4.16. The van der Waals surface area contributed by atoms with Crippen molar-refractivity contribution in [2.24, 2.45) is 0 Å². The van der Waals surface area contributed by atoms with E-state index in [1.165, 1.54) is 36.1 Å². The summed E-state index contributed by atoms with van der Waals surface area (Å²) in [6, 6.07) is 2.02. The molecule has 0 spiro atoms. The monoisotopic (exact) mass is 351 g/mol. The number of aliphatic carboxylic acids is 1. The van der Waals surface area contributed by atoms with Crippen LogP contribution in [-0.2, 0) is 22.4 Å². The minimum absolute atomic E-state index is 0.0484. The van der Waals surface area contributed by atoms with E-state index < -0.39 is 11.5 Å². The highest BCUT2D eigenvalue weighted by Gasteiger charge is 2.37. The van der Waals surface area contributed by atoms with Crippen molar-refractivity contribution in [2.75, 3.05) is 13.2 Å². The van der Waals surface area contributed by atoms with Crippen LogP contribution in [0.5, 0.6) is 0 Å². The fraction of sp³-hybridized carbons (Fsp3) is 0.667. The van der Waals surface area contributed by atoms with Gasteiger partial charge in [0.15, 0.2) is 0 Å². The summed E-state index contributed by atoms with van der Waals surface area (Å²) in [7, 11) is 0. The number of carboxylic acids is 1. The number of hydrogen-bond donors (Lipinski definition) is 2. The Labute approximate surface area is 146 Å². The molecule has 132 valence electrons. The number of carbonyl (C=O) groups excluding carboxylic acids is 1. The van der Waals surface area contributed by atoms with Crippen LogP contribution in [0.25, 0.3) is 0 Å². The van der Waals surface area contributed by atoms with Crippen molar-refractivity contribution in [3.05, 3.63) is 21.4 Å². The van der Waals surface area contributed by atoms with Gasteiger partial charge in [0.2, 0.25) is 0 Å². The molecule has 0 atom stereocenters. The van der Waals surface area contributed by atoms with Gasteiger partial charge >= 0.3 is 5.97 Å². The first-order valence-electron chi connectivity index (χ1n) is 8.82. The van der Waals surface area contributed by atoms with Crippen LogP contribution in [0.2, 0.25) is 0 Å². The number of hydrogen-bond acceptors (Lipinski definition) is 4. The Kier molecular flexibility index (Phi) is 5.56. The molecule has 0 saturated carbocycles. The fourth-order valence-electron chi connectivity index (χ4n) is 3.66. The average Bonchev–Trinajstić information content (AvgIpc) is 2.89. The predicted octanol–water partition coefficient (Wildman–Crippen LogP) is 3.16. The minimum atomic E-state index is -0.879. The Morgan fingerprint density at radius 1 is 1.17 bits per heavy atom. The zero-order chi connectivity index (χ0) is 17.0. The second-order valence-corrected chi connectivity index (χ2v) is 8.03. The lowest BCUT2D eigenvalue weighted by molar-refractivity contribution is -0.139. The van der Waals surface area contributed by atoms with Crippen molar-refractivity contribution in [3.63, 3.8) is 0 Å². The van der Waals surface area contributed by atoms with Crippen LogP contribution < -0.4 is 5.32 Å². The van der Waals surface area contributed by atoms with Gasteiger partial charge in [-0.15, -0.1) is 11.3 Å². The van der Waals surface area contributed by atoms with Gasteiger partial charge in [-0.2, -0.15) is 0 Å². The summed E-state index contributed by atoms with van der Waals surface area (Å²) in [6.07, 6.45) is 8.06. The number of carboxylic acid groups (broad SMARTS) is 1. The number of ether oxygens (including phenoxy) is 1. The van der Waals surface area contributed by atoms with Crippen LogP contribution in [0.1, 0.15) is 65.1 Å². The van der Waals surface area contributed by atoms with Crippen LogP contribution in [-0.4, -0.2) is 35.7 Å². The largest absolute Gasteiger partial charge is 0.481 e. The van der Waals surface area contributed by atoms with Crippen molar-refractivity contribution >= 4 is 23.2 Å². The summed E-state index contributed by atoms with van der Waals surface area (Å²) in [5.41, 5.74) is 0.628. The molecule has 1 aliphatic carbocycles. The van der Waals surface area contributed by atoms with E-state index in [2.05, 4.69) is 5.32 Å². The second kappa shape index (κ2) is 7.66. The lowest BCUT2D eigenvalue weighted by atomic mass is 9.86. The first-order valence-corrected chi connectivity index (χ1v) is 9.63. The van der Waals surface area contributed by atoms with Gasteiger partial charge < -0.3 is 15.2 Å². The molecule has 0 unspecified atom stereocenters. The molecular formula is C18H25NO4S. The maximum absolute atomic E-state index is 12.8. The summed E-state index contributed by atoms with van der Waals surface area (Å²) in [5, 5.41) is 12.3. The zero-order valence-electron chi connectivity index (χ0n) is 13.9. The molecule has 1 aromatic heterocycles. The Morgan fingerprint density at radius 2 is 1.88 bits per heavy atom. The molecule has 3 rings (SSSR count). The minimum Gasteiger partial charge on any atom is -0.481 e. The normalized spacial score (nSPS) is 20.5. The predicted molar refractivity (Wildman–Crippen MR) is 92.7 cm³/mol. The third-order valence-corrected chi connectivity index (χ3v) is 6.27. The Morgan fingerprint density at radius 3 is 2.58 bits per heavy atom. The number of amides is 1. The molecular weight excluding hydrogens is 326 g/mol. The van der Waals surface area contributed by atoms with Crippen molar-refractivity contribution in [2.45, 2.75) is 63.3 Å². The van der Waals surface area contributed by atoms with Gasteiger partial charge in [-0.3, -0.25) is 9.59 Å². The van der Waals surface area contributed by atoms with Crippen LogP contribution in [0.4, 0.5) is 0 Å². The van der Waals surface area contributed by atoms with Crippen LogP contribution in [0.15, 0.2) is 6.07 Å². The summed E-state index contributed by atoms with van der Waals surface area (Å²) >= 11 is 1.58. The molecule has 5 nitrogen and oxygen atoms in total. The SMILES string of the molecule is O=C(O)CC1(NC(=O)c2cc3c(s2)CCCCCC3)CCOCC1. The van der Waals surface area contributed by atoms with Crippen LogP contribution in [0, 0.1) is 0 Å². The maximum Gasteiger partial charge on any atom is 0.305 e. The molecule has 24 heavy (non-hydrogen) atoms. The Bertz CT molecular complexity index is 579. The quantitative estimate of drug-likeness (QED) is 0.874. The molecule has 0 aromatic carbocycles. The van der Waals surface area contributed by atoms with E-state index >= 15 is 0 Å². The number of nitrogens with one attached hydrogen (secondary N) is 1. The standard InChI is InChI=1S/C18H25NO4S/c20-16(21)12-18(7-9-23-10-8-18)19-17(22)15-11-13-5-3-1-2-4-6-14(13)24-15/h11H,1-10,12H2,(H,19,22)(H,20,21). The number of aryl methyl sites for hydroxylation is 2. The van der Waals surface area contributed by atoms with Crippen LogP contribution >= 0.6 is 11.3 Å². The molecule has 1 amide bonds. The molecule has 1 aliphatic heterocycles. The molecule has 6 heteroatoms.